The van der Waals surface area contributed by atoms with E-state index in [9.17, 15) is 4.79 Å². The Morgan fingerprint density at radius 3 is 2.67 bits per heavy atom. The molecule has 0 fully saturated rings. The third-order valence-electron chi connectivity index (χ3n) is 4.46. The van der Waals surface area contributed by atoms with Crippen molar-refractivity contribution in [2.45, 2.75) is 13.8 Å². The molecule has 0 saturated heterocycles. The van der Waals surface area contributed by atoms with Gasteiger partial charge in [0.05, 0.1) is 16.8 Å². The van der Waals surface area contributed by atoms with Crippen molar-refractivity contribution in [3.05, 3.63) is 41.5 Å². The van der Waals surface area contributed by atoms with Gasteiger partial charge in [0.1, 0.15) is 13.2 Å². The van der Waals surface area contributed by atoms with Crippen molar-refractivity contribution in [2.75, 3.05) is 37.0 Å². The van der Waals surface area contributed by atoms with Crippen molar-refractivity contribution in [1.82, 2.24) is 4.98 Å². The van der Waals surface area contributed by atoms with Crippen LogP contribution in [0.3, 0.4) is 0 Å². The van der Waals surface area contributed by atoms with Crippen LogP contribution in [0, 0.1) is 13.8 Å². The quantitative estimate of drug-likeness (QED) is 0.743. The van der Waals surface area contributed by atoms with Crippen LogP contribution in [0.1, 0.15) is 11.1 Å². The van der Waals surface area contributed by atoms with Gasteiger partial charge in [-0.1, -0.05) is 23.5 Å². The lowest BCUT2D eigenvalue weighted by molar-refractivity contribution is -0.114. The summed E-state index contributed by atoms with van der Waals surface area (Å²) in [5.74, 6) is 1.25. The molecule has 4 rings (SSSR count). The van der Waals surface area contributed by atoms with Crippen LogP contribution in [0.4, 0.5) is 10.8 Å². The lowest BCUT2D eigenvalue weighted by Gasteiger charge is -2.19. The van der Waals surface area contributed by atoms with Crippen LogP contribution in [-0.2, 0) is 4.79 Å². The van der Waals surface area contributed by atoms with Crippen molar-refractivity contribution < 1.29 is 14.3 Å². The number of amides is 1. The lowest BCUT2D eigenvalue weighted by atomic mass is 10.1. The molecule has 1 aliphatic rings. The minimum atomic E-state index is -0.109. The number of ether oxygens (including phenoxy) is 2. The van der Waals surface area contributed by atoms with Gasteiger partial charge in [-0.25, -0.2) is 4.98 Å². The summed E-state index contributed by atoms with van der Waals surface area (Å²) in [5, 5.41) is 3.74. The SMILES string of the molecule is Cc1ccc(C)c2sc(N(C)CC(=O)Nc3ccc4c(c3)OCCO4)nc12. The van der Waals surface area contributed by atoms with Gasteiger partial charge in [0.15, 0.2) is 16.6 Å². The minimum Gasteiger partial charge on any atom is -0.486 e. The Labute approximate surface area is 161 Å². The van der Waals surface area contributed by atoms with Crippen molar-refractivity contribution in [3.63, 3.8) is 0 Å². The summed E-state index contributed by atoms with van der Waals surface area (Å²) in [5.41, 5.74) is 4.04. The Morgan fingerprint density at radius 2 is 1.89 bits per heavy atom. The number of nitrogens with one attached hydrogen (secondary N) is 1. The molecule has 0 bridgehead atoms. The second-order valence-electron chi connectivity index (χ2n) is 6.64. The van der Waals surface area contributed by atoms with Gasteiger partial charge in [-0.15, -0.1) is 0 Å². The second kappa shape index (κ2) is 7.08. The van der Waals surface area contributed by atoms with Gasteiger partial charge < -0.3 is 19.7 Å². The molecule has 0 atom stereocenters. The average Bonchev–Trinajstić information content (AvgIpc) is 3.11. The summed E-state index contributed by atoms with van der Waals surface area (Å²) in [6, 6.07) is 9.60. The van der Waals surface area contributed by atoms with Gasteiger partial charge in [-0.05, 0) is 37.1 Å². The zero-order valence-electron chi connectivity index (χ0n) is 15.5. The molecule has 0 radical (unpaired) electrons. The van der Waals surface area contributed by atoms with E-state index in [-0.39, 0.29) is 12.5 Å². The Bertz CT molecular complexity index is 976. The van der Waals surface area contributed by atoms with E-state index in [2.05, 4.69) is 31.3 Å². The minimum absolute atomic E-state index is 0.109. The molecule has 0 saturated carbocycles. The Morgan fingerprint density at radius 1 is 1.15 bits per heavy atom. The maximum absolute atomic E-state index is 12.5. The van der Waals surface area contributed by atoms with Crippen LogP contribution in [0.2, 0.25) is 0 Å². The van der Waals surface area contributed by atoms with E-state index in [1.807, 2.05) is 24.1 Å². The highest BCUT2D eigenvalue weighted by atomic mass is 32.1. The number of aryl methyl sites for hydroxylation is 2. The summed E-state index contributed by atoms with van der Waals surface area (Å²) >= 11 is 1.61. The largest absolute Gasteiger partial charge is 0.486 e. The van der Waals surface area contributed by atoms with Crippen LogP contribution >= 0.6 is 11.3 Å². The van der Waals surface area contributed by atoms with Gasteiger partial charge in [0.2, 0.25) is 5.91 Å². The normalized spacial score (nSPS) is 12.9. The molecule has 1 N–H and O–H groups in total. The first-order chi connectivity index (χ1) is 13.0. The molecule has 6 nitrogen and oxygen atoms in total. The van der Waals surface area contributed by atoms with Crippen LogP contribution in [0.25, 0.3) is 10.2 Å². The third kappa shape index (κ3) is 3.55. The summed E-state index contributed by atoms with van der Waals surface area (Å²) in [6.07, 6.45) is 0. The smallest absolute Gasteiger partial charge is 0.243 e. The molecule has 1 aliphatic heterocycles. The van der Waals surface area contributed by atoms with Crippen LogP contribution < -0.4 is 19.7 Å². The molecule has 0 spiro atoms. The first-order valence-corrected chi connectivity index (χ1v) is 9.60. The summed E-state index contributed by atoms with van der Waals surface area (Å²) in [7, 11) is 1.88. The van der Waals surface area contributed by atoms with Crippen LogP contribution in [0.15, 0.2) is 30.3 Å². The zero-order chi connectivity index (χ0) is 19.0. The van der Waals surface area contributed by atoms with Gasteiger partial charge in [-0.2, -0.15) is 0 Å². The predicted molar refractivity (Wildman–Crippen MR) is 108 cm³/mol. The number of carbonyl (C=O) groups excluding carboxylic acids is 1. The topological polar surface area (TPSA) is 63.7 Å². The number of hydrogen-bond acceptors (Lipinski definition) is 6. The number of aromatic nitrogens is 1. The molecule has 0 aliphatic carbocycles. The molecular weight excluding hydrogens is 362 g/mol. The predicted octanol–water partition coefficient (Wildman–Crippen LogP) is 3.76. The molecule has 1 amide bonds. The summed E-state index contributed by atoms with van der Waals surface area (Å²) < 4.78 is 12.2. The first-order valence-electron chi connectivity index (χ1n) is 8.78. The van der Waals surface area contributed by atoms with E-state index in [1.54, 1.807) is 17.4 Å². The Balaban J connectivity index is 1.46. The van der Waals surface area contributed by atoms with E-state index in [4.69, 9.17) is 14.5 Å². The van der Waals surface area contributed by atoms with Gasteiger partial charge in [0, 0.05) is 18.8 Å². The van der Waals surface area contributed by atoms with Gasteiger partial charge in [-0.3, -0.25) is 4.79 Å². The fourth-order valence-electron chi connectivity index (χ4n) is 3.02. The number of carbonyl (C=O) groups is 1. The standard InChI is InChI=1S/C20H21N3O3S/c1-12-4-5-13(2)19-18(12)22-20(27-19)23(3)11-17(24)21-14-6-7-15-16(10-14)26-9-8-25-15/h4-7,10H,8-9,11H2,1-3H3,(H,21,24). The van der Waals surface area contributed by atoms with E-state index >= 15 is 0 Å². The molecule has 27 heavy (non-hydrogen) atoms. The van der Waals surface area contributed by atoms with Gasteiger partial charge in [0.25, 0.3) is 0 Å². The molecule has 0 unspecified atom stereocenters. The molecule has 2 heterocycles. The number of fused-ring (bicyclic) bond motifs is 2. The number of hydrogen-bond donors (Lipinski definition) is 1. The second-order valence-corrected chi connectivity index (χ2v) is 7.61. The molecule has 2 aromatic carbocycles. The number of rotatable bonds is 4. The zero-order valence-corrected chi connectivity index (χ0v) is 16.4. The summed E-state index contributed by atoms with van der Waals surface area (Å²) in [4.78, 5) is 19.1. The monoisotopic (exact) mass is 383 g/mol. The van der Waals surface area contributed by atoms with E-state index in [1.165, 1.54) is 10.3 Å². The van der Waals surface area contributed by atoms with Crippen molar-refractivity contribution in [2.24, 2.45) is 0 Å². The lowest BCUT2D eigenvalue weighted by Crippen LogP contribution is -2.30. The highest BCUT2D eigenvalue weighted by molar-refractivity contribution is 7.22. The molecule has 3 aromatic rings. The highest BCUT2D eigenvalue weighted by Gasteiger charge is 2.16. The molecule has 7 heteroatoms. The highest BCUT2D eigenvalue weighted by Crippen LogP contribution is 2.33. The van der Waals surface area contributed by atoms with E-state index in [0.29, 0.717) is 30.4 Å². The van der Waals surface area contributed by atoms with Crippen LogP contribution in [-0.4, -0.2) is 37.7 Å². The average molecular weight is 383 g/mol. The molecule has 1 aromatic heterocycles. The number of likely N-dealkylation sites (N-methyl/N-ethyl adjacent to an activating group) is 1. The van der Waals surface area contributed by atoms with Gasteiger partial charge >= 0.3 is 0 Å². The summed E-state index contributed by atoms with van der Waals surface area (Å²) in [6.45, 7) is 5.42. The van der Waals surface area contributed by atoms with Crippen molar-refractivity contribution in [1.29, 1.82) is 0 Å². The maximum Gasteiger partial charge on any atom is 0.243 e. The van der Waals surface area contributed by atoms with E-state index in [0.717, 1.165) is 16.2 Å². The fourth-order valence-corrected chi connectivity index (χ4v) is 4.09. The number of anilines is 2. The third-order valence-corrected chi connectivity index (χ3v) is 5.77. The first kappa shape index (κ1) is 17.6. The number of nitrogens with zero attached hydrogens (tertiary/aromatic N) is 2. The molecule has 140 valence electrons. The maximum atomic E-state index is 12.5. The van der Waals surface area contributed by atoms with Crippen molar-refractivity contribution in [3.8, 4) is 11.5 Å². The van der Waals surface area contributed by atoms with Crippen molar-refractivity contribution >= 4 is 38.3 Å². The Kier molecular flexibility index (Phi) is 4.61. The van der Waals surface area contributed by atoms with Crippen LogP contribution in [0.5, 0.6) is 11.5 Å². The number of thiazole rings is 1. The fraction of sp³-hybridized carbons (Fsp3) is 0.300. The Hall–Kier alpha value is -2.80. The number of benzene rings is 2. The molecular formula is C20H21N3O3S. The van der Waals surface area contributed by atoms with E-state index < -0.39 is 0 Å².